The summed E-state index contributed by atoms with van der Waals surface area (Å²) in [6, 6.07) is 12.1. The number of hydrogen-bond acceptors (Lipinski definition) is 3. The van der Waals surface area contributed by atoms with Crippen molar-refractivity contribution in [2.75, 3.05) is 0 Å². The van der Waals surface area contributed by atoms with E-state index >= 15 is 0 Å². The summed E-state index contributed by atoms with van der Waals surface area (Å²) < 4.78 is 19.4. The van der Waals surface area contributed by atoms with Gasteiger partial charge in [0.15, 0.2) is 0 Å². The van der Waals surface area contributed by atoms with Crippen molar-refractivity contribution in [3.8, 4) is 5.75 Å². The molecule has 116 valence electrons. The van der Waals surface area contributed by atoms with Gasteiger partial charge < -0.3 is 9.72 Å². The average Bonchev–Trinajstić information content (AvgIpc) is 2.94. The van der Waals surface area contributed by atoms with Crippen LogP contribution in [-0.2, 0) is 6.61 Å². The molecule has 0 spiro atoms. The molecular formula is C17H13FN2O3. The van der Waals surface area contributed by atoms with Crippen LogP contribution >= 0.6 is 0 Å². The average molecular weight is 312 g/mol. The summed E-state index contributed by atoms with van der Waals surface area (Å²) in [7, 11) is 0. The summed E-state index contributed by atoms with van der Waals surface area (Å²) in [4.78, 5) is 12.8. The van der Waals surface area contributed by atoms with E-state index in [1.165, 1.54) is 18.2 Å². The molecule has 0 fully saturated rings. The first-order valence-corrected chi connectivity index (χ1v) is 6.92. The van der Waals surface area contributed by atoms with Crippen LogP contribution in [0.15, 0.2) is 54.9 Å². The van der Waals surface area contributed by atoms with Gasteiger partial charge in [-0.25, -0.2) is 4.39 Å². The highest BCUT2D eigenvalue weighted by Gasteiger charge is 2.11. The molecule has 23 heavy (non-hydrogen) atoms. The fraction of sp³-hybridized carbons (Fsp3) is 0.0588. The number of rotatable bonds is 5. The van der Waals surface area contributed by atoms with E-state index in [2.05, 4.69) is 4.98 Å². The Balaban J connectivity index is 1.97. The number of fused-ring (bicyclic) bond motifs is 1. The summed E-state index contributed by atoms with van der Waals surface area (Å²) in [6.07, 6.45) is 3.78. The minimum atomic E-state index is -0.549. The first kappa shape index (κ1) is 14.8. The summed E-state index contributed by atoms with van der Waals surface area (Å²) in [5.74, 6) is -0.0969. The standard InChI is InChI=1S/C17H13FN2O3/c18-14-8-15-17(13(10-19-15)6-7-20(21)22)16(9-14)23-11-12-4-2-1-3-5-12/h1-10,19H,11H2. The zero-order valence-corrected chi connectivity index (χ0v) is 12.0. The Morgan fingerprint density at radius 1 is 1.26 bits per heavy atom. The van der Waals surface area contributed by atoms with Gasteiger partial charge in [0.05, 0.1) is 10.4 Å². The van der Waals surface area contributed by atoms with Crippen molar-refractivity contribution in [2.24, 2.45) is 0 Å². The van der Waals surface area contributed by atoms with Crippen molar-refractivity contribution in [3.05, 3.63) is 81.9 Å². The Bertz CT molecular complexity index is 872. The largest absolute Gasteiger partial charge is 0.488 e. The zero-order chi connectivity index (χ0) is 16.2. The molecule has 3 aromatic rings. The van der Waals surface area contributed by atoms with Crippen molar-refractivity contribution in [3.63, 3.8) is 0 Å². The van der Waals surface area contributed by atoms with Gasteiger partial charge in [0.25, 0.3) is 0 Å². The zero-order valence-electron chi connectivity index (χ0n) is 12.0. The van der Waals surface area contributed by atoms with E-state index in [1.807, 2.05) is 30.3 Å². The van der Waals surface area contributed by atoms with Crippen molar-refractivity contribution in [1.29, 1.82) is 0 Å². The first-order chi connectivity index (χ1) is 11.1. The second kappa shape index (κ2) is 6.31. The highest BCUT2D eigenvalue weighted by molar-refractivity contribution is 5.94. The van der Waals surface area contributed by atoms with Crippen molar-refractivity contribution in [2.45, 2.75) is 6.61 Å². The minimum Gasteiger partial charge on any atom is -0.488 e. The molecule has 0 saturated heterocycles. The van der Waals surface area contributed by atoms with Crippen LogP contribution < -0.4 is 4.74 Å². The fourth-order valence-electron chi connectivity index (χ4n) is 2.34. The number of benzene rings is 2. The molecule has 0 amide bonds. The molecule has 0 radical (unpaired) electrons. The molecule has 1 aromatic heterocycles. The van der Waals surface area contributed by atoms with E-state index in [4.69, 9.17) is 4.74 Å². The quantitative estimate of drug-likeness (QED) is 0.569. The number of hydrogen-bond donors (Lipinski definition) is 1. The molecule has 0 bridgehead atoms. The molecule has 0 aliphatic carbocycles. The van der Waals surface area contributed by atoms with Gasteiger partial charge in [0, 0.05) is 29.3 Å². The Kier molecular flexibility index (Phi) is 4.05. The molecule has 6 heteroatoms. The highest BCUT2D eigenvalue weighted by Crippen LogP contribution is 2.31. The van der Waals surface area contributed by atoms with Gasteiger partial charge in [-0.2, -0.15) is 0 Å². The SMILES string of the molecule is O=[N+]([O-])C=Cc1c[nH]c2cc(F)cc(OCc3ccccc3)c12. The number of nitrogens with zero attached hydrogens (tertiary/aromatic N) is 1. The van der Waals surface area contributed by atoms with E-state index in [1.54, 1.807) is 6.20 Å². The molecule has 0 aliphatic rings. The van der Waals surface area contributed by atoms with Crippen molar-refractivity contribution in [1.82, 2.24) is 4.98 Å². The number of nitrogens with one attached hydrogen (secondary N) is 1. The summed E-state index contributed by atoms with van der Waals surface area (Å²) in [5, 5.41) is 11.1. The molecule has 0 atom stereocenters. The topological polar surface area (TPSA) is 68.2 Å². The molecule has 3 rings (SSSR count). The van der Waals surface area contributed by atoms with Crippen LogP contribution in [0.4, 0.5) is 4.39 Å². The predicted molar refractivity (Wildman–Crippen MR) is 85.1 cm³/mol. The van der Waals surface area contributed by atoms with E-state index in [0.717, 1.165) is 11.8 Å². The maximum Gasteiger partial charge on any atom is 0.235 e. The van der Waals surface area contributed by atoms with Gasteiger partial charge >= 0.3 is 0 Å². The maximum absolute atomic E-state index is 13.7. The summed E-state index contributed by atoms with van der Waals surface area (Å²) in [5.41, 5.74) is 2.04. The normalized spacial score (nSPS) is 11.2. The Morgan fingerprint density at radius 3 is 2.78 bits per heavy atom. The van der Waals surface area contributed by atoms with E-state index in [9.17, 15) is 14.5 Å². The highest BCUT2D eigenvalue weighted by atomic mass is 19.1. The van der Waals surface area contributed by atoms with E-state index in [0.29, 0.717) is 22.2 Å². The number of aromatic amines is 1. The number of H-pyrrole nitrogens is 1. The lowest BCUT2D eigenvalue weighted by atomic mass is 10.1. The molecule has 1 N–H and O–H groups in total. The van der Waals surface area contributed by atoms with Gasteiger partial charge in [0.1, 0.15) is 18.2 Å². The van der Waals surface area contributed by atoms with Gasteiger partial charge in [-0.05, 0) is 11.6 Å². The van der Waals surface area contributed by atoms with Crippen LogP contribution in [0.2, 0.25) is 0 Å². The minimum absolute atomic E-state index is 0.281. The molecule has 2 aromatic carbocycles. The van der Waals surface area contributed by atoms with Crippen molar-refractivity contribution < 1.29 is 14.1 Å². The lowest BCUT2D eigenvalue weighted by Gasteiger charge is -2.09. The summed E-state index contributed by atoms with van der Waals surface area (Å²) in [6.45, 7) is 0.281. The third kappa shape index (κ3) is 3.37. The fourth-order valence-corrected chi connectivity index (χ4v) is 2.34. The molecule has 5 nitrogen and oxygen atoms in total. The van der Waals surface area contributed by atoms with Gasteiger partial charge in [0.2, 0.25) is 6.20 Å². The number of nitro groups is 1. The van der Waals surface area contributed by atoms with Crippen LogP contribution in [0.3, 0.4) is 0 Å². The van der Waals surface area contributed by atoms with Gasteiger partial charge in [-0.1, -0.05) is 30.3 Å². The van der Waals surface area contributed by atoms with Crippen LogP contribution in [0.5, 0.6) is 5.75 Å². The third-order valence-corrected chi connectivity index (χ3v) is 3.35. The van der Waals surface area contributed by atoms with E-state index in [-0.39, 0.29) is 6.61 Å². The smallest absolute Gasteiger partial charge is 0.235 e. The third-order valence-electron chi connectivity index (χ3n) is 3.35. The van der Waals surface area contributed by atoms with Gasteiger partial charge in [-0.3, -0.25) is 10.1 Å². The number of aromatic nitrogens is 1. The Morgan fingerprint density at radius 2 is 2.04 bits per heavy atom. The van der Waals surface area contributed by atoms with Crippen LogP contribution in [0.1, 0.15) is 11.1 Å². The number of halogens is 1. The monoisotopic (exact) mass is 312 g/mol. The Hall–Kier alpha value is -3.15. The lowest BCUT2D eigenvalue weighted by molar-refractivity contribution is -0.400. The molecule has 1 heterocycles. The second-order valence-corrected chi connectivity index (χ2v) is 4.95. The Labute approximate surface area is 131 Å². The van der Waals surface area contributed by atoms with Crippen molar-refractivity contribution >= 4 is 17.0 Å². The second-order valence-electron chi connectivity index (χ2n) is 4.95. The maximum atomic E-state index is 13.7. The number of ether oxygens (including phenoxy) is 1. The molecular weight excluding hydrogens is 299 g/mol. The van der Waals surface area contributed by atoms with Crippen LogP contribution in [0.25, 0.3) is 17.0 Å². The molecule has 0 aliphatic heterocycles. The first-order valence-electron chi connectivity index (χ1n) is 6.92. The van der Waals surface area contributed by atoms with Crippen LogP contribution in [0, 0.1) is 15.9 Å². The summed E-state index contributed by atoms with van der Waals surface area (Å²) >= 11 is 0. The van der Waals surface area contributed by atoms with Crippen LogP contribution in [-0.4, -0.2) is 9.91 Å². The van der Waals surface area contributed by atoms with E-state index < -0.39 is 10.7 Å². The predicted octanol–water partition coefficient (Wildman–Crippen LogP) is 4.13. The van der Waals surface area contributed by atoms with Gasteiger partial charge in [-0.15, -0.1) is 0 Å². The lowest BCUT2D eigenvalue weighted by Crippen LogP contribution is -1.96. The molecule has 0 unspecified atom stereocenters. The molecule has 0 saturated carbocycles.